The van der Waals surface area contributed by atoms with Gasteiger partial charge in [0.1, 0.15) is 11.5 Å². The number of halogens is 4. The van der Waals surface area contributed by atoms with Gasteiger partial charge in [0.2, 0.25) is 0 Å². The van der Waals surface area contributed by atoms with Crippen molar-refractivity contribution in [3.8, 4) is 11.5 Å². The van der Waals surface area contributed by atoms with Crippen LogP contribution in [0.1, 0.15) is 11.1 Å². The van der Waals surface area contributed by atoms with Crippen LogP contribution in [0.2, 0.25) is 20.1 Å². The summed E-state index contributed by atoms with van der Waals surface area (Å²) in [5.74, 6) is 0.965. The zero-order chi connectivity index (χ0) is 29.5. The van der Waals surface area contributed by atoms with E-state index in [9.17, 15) is 9.59 Å². The van der Waals surface area contributed by atoms with Gasteiger partial charge in [-0.15, -0.1) is 0 Å². The van der Waals surface area contributed by atoms with Crippen LogP contribution in [0, 0.1) is 0 Å². The quantitative estimate of drug-likeness (QED) is 0.155. The van der Waals surface area contributed by atoms with Gasteiger partial charge in [-0.1, -0.05) is 58.5 Å². The number of carbonyl (C=O) groups is 2. The van der Waals surface area contributed by atoms with Gasteiger partial charge in [-0.3, -0.25) is 0 Å². The molecule has 0 aromatic heterocycles. The van der Waals surface area contributed by atoms with E-state index in [1.807, 2.05) is 24.3 Å². The molecule has 0 radical (unpaired) electrons. The molecule has 4 aromatic rings. The molecule has 0 aliphatic heterocycles. The topological polar surface area (TPSA) is 101 Å². The lowest BCUT2D eigenvalue weighted by Crippen LogP contribution is -2.20. The fourth-order valence-corrected chi connectivity index (χ4v) is 4.45. The van der Waals surface area contributed by atoms with Gasteiger partial charge in [0.05, 0.1) is 45.7 Å². The van der Waals surface area contributed by atoms with E-state index in [2.05, 4.69) is 21.3 Å². The molecule has 0 fully saturated rings. The van der Waals surface area contributed by atoms with Gasteiger partial charge in [0.25, 0.3) is 0 Å². The van der Waals surface area contributed by atoms with Crippen molar-refractivity contribution in [2.24, 2.45) is 0 Å². The van der Waals surface area contributed by atoms with E-state index in [-0.39, 0.29) is 0 Å². The van der Waals surface area contributed by atoms with Crippen molar-refractivity contribution in [3.05, 3.63) is 104 Å². The van der Waals surface area contributed by atoms with Gasteiger partial charge in [-0.05, 0) is 78.2 Å². The Morgan fingerprint density at radius 3 is 1.34 bits per heavy atom. The summed E-state index contributed by atoms with van der Waals surface area (Å²) in [5, 5.41) is 12.4. The monoisotopic (exact) mass is 632 g/mol. The van der Waals surface area contributed by atoms with E-state index in [4.69, 9.17) is 55.9 Å². The third-order valence-electron chi connectivity index (χ3n) is 5.79. The van der Waals surface area contributed by atoms with E-state index in [0.29, 0.717) is 60.8 Å². The molecule has 4 amide bonds. The van der Waals surface area contributed by atoms with Crippen LogP contribution in [0.25, 0.3) is 0 Å². The zero-order valence-corrected chi connectivity index (χ0v) is 24.8. The lowest BCUT2D eigenvalue weighted by molar-refractivity contribution is 0.261. The number of anilines is 4. The number of hydrogen-bond donors (Lipinski definition) is 4. The number of amides is 4. The van der Waals surface area contributed by atoms with Crippen LogP contribution in [0.4, 0.5) is 32.3 Å². The van der Waals surface area contributed by atoms with Gasteiger partial charge < -0.3 is 30.7 Å². The van der Waals surface area contributed by atoms with Crippen molar-refractivity contribution in [2.45, 2.75) is 6.42 Å². The summed E-state index contributed by atoms with van der Waals surface area (Å²) in [6, 6.07) is 19.6. The molecule has 0 atom stereocenters. The highest BCUT2D eigenvalue weighted by Gasteiger charge is 2.13. The molecule has 41 heavy (non-hydrogen) atoms. The Bertz CT molecular complexity index is 1480. The predicted molar refractivity (Wildman–Crippen MR) is 167 cm³/mol. The van der Waals surface area contributed by atoms with Crippen LogP contribution in [0.5, 0.6) is 11.5 Å². The first-order valence-electron chi connectivity index (χ1n) is 12.0. The minimum Gasteiger partial charge on any atom is -0.495 e. The summed E-state index contributed by atoms with van der Waals surface area (Å²) in [6.45, 7) is 0. The van der Waals surface area contributed by atoms with Gasteiger partial charge in [-0.2, -0.15) is 0 Å². The van der Waals surface area contributed by atoms with E-state index in [0.717, 1.165) is 11.1 Å². The lowest BCUT2D eigenvalue weighted by Gasteiger charge is -2.15. The Labute approximate surface area is 256 Å². The van der Waals surface area contributed by atoms with Crippen LogP contribution in [-0.4, -0.2) is 26.3 Å². The van der Waals surface area contributed by atoms with Gasteiger partial charge >= 0.3 is 12.1 Å². The van der Waals surface area contributed by atoms with Crippen LogP contribution in [-0.2, 0) is 6.42 Å². The van der Waals surface area contributed by atoms with Crippen molar-refractivity contribution < 1.29 is 19.1 Å². The maximum Gasteiger partial charge on any atom is 0.323 e. The molecule has 0 saturated carbocycles. The summed E-state index contributed by atoms with van der Waals surface area (Å²) in [4.78, 5) is 25.0. The number of methoxy groups -OCH3 is 2. The van der Waals surface area contributed by atoms with E-state index < -0.39 is 12.1 Å². The maximum atomic E-state index is 12.5. The van der Waals surface area contributed by atoms with Crippen molar-refractivity contribution in [1.82, 2.24) is 0 Å². The van der Waals surface area contributed by atoms with Gasteiger partial charge in [-0.25, -0.2) is 9.59 Å². The number of carbonyl (C=O) groups excluding carboxylic acids is 2. The number of nitrogens with one attached hydrogen (secondary N) is 4. The Hall–Kier alpha value is -3.82. The summed E-state index contributed by atoms with van der Waals surface area (Å²) in [5.41, 5.74) is 3.81. The number of ether oxygens (including phenoxy) is 2. The van der Waals surface area contributed by atoms with E-state index >= 15 is 0 Å². The normalized spacial score (nSPS) is 10.5. The third kappa shape index (κ3) is 8.11. The van der Waals surface area contributed by atoms with Gasteiger partial charge in [0.15, 0.2) is 0 Å². The summed E-state index contributed by atoms with van der Waals surface area (Å²) in [6.07, 6.45) is 0.540. The second kappa shape index (κ2) is 13.7. The minimum absolute atomic E-state index is 0.332. The molecular formula is C29H24Cl4N4O4. The Kier molecular flexibility index (Phi) is 10.1. The molecule has 0 unspecified atom stereocenters. The van der Waals surface area contributed by atoms with Crippen LogP contribution in [0.15, 0.2) is 72.8 Å². The molecule has 4 aromatic carbocycles. The first-order chi connectivity index (χ1) is 19.6. The summed E-state index contributed by atoms with van der Waals surface area (Å²) >= 11 is 23.9. The Morgan fingerprint density at radius 1 is 0.561 bits per heavy atom. The highest BCUT2D eigenvalue weighted by molar-refractivity contribution is 6.42. The molecule has 0 aliphatic rings. The molecular weight excluding hydrogens is 610 g/mol. The minimum atomic E-state index is -0.467. The fraction of sp³-hybridized carbons (Fsp3) is 0.103. The van der Waals surface area contributed by atoms with Crippen molar-refractivity contribution in [1.29, 1.82) is 0 Å². The van der Waals surface area contributed by atoms with Crippen LogP contribution >= 0.6 is 46.4 Å². The van der Waals surface area contributed by atoms with E-state index in [1.54, 1.807) is 48.5 Å². The Morgan fingerprint density at radius 2 is 0.976 bits per heavy atom. The molecule has 0 saturated heterocycles. The average molecular weight is 634 g/mol. The largest absolute Gasteiger partial charge is 0.495 e. The Balaban J connectivity index is 1.41. The number of benzene rings is 4. The molecule has 0 aliphatic carbocycles. The number of rotatable bonds is 8. The summed E-state index contributed by atoms with van der Waals surface area (Å²) in [7, 11) is 3.04. The second-order valence-electron chi connectivity index (χ2n) is 8.66. The maximum absolute atomic E-state index is 12.5. The second-order valence-corrected chi connectivity index (χ2v) is 10.3. The van der Waals surface area contributed by atoms with Crippen LogP contribution < -0.4 is 30.7 Å². The van der Waals surface area contributed by atoms with Crippen LogP contribution in [0.3, 0.4) is 0 Å². The predicted octanol–water partition coefficient (Wildman–Crippen LogP) is 9.20. The highest BCUT2D eigenvalue weighted by atomic mass is 35.5. The third-order valence-corrected chi connectivity index (χ3v) is 7.27. The lowest BCUT2D eigenvalue weighted by atomic mass is 10.0. The molecule has 8 nitrogen and oxygen atoms in total. The first kappa shape index (κ1) is 30.1. The van der Waals surface area contributed by atoms with E-state index in [1.165, 1.54) is 14.2 Å². The van der Waals surface area contributed by atoms with Crippen molar-refractivity contribution in [3.63, 3.8) is 0 Å². The molecule has 212 valence electrons. The molecule has 12 heteroatoms. The van der Waals surface area contributed by atoms with Crippen molar-refractivity contribution >= 4 is 81.2 Å². The van der Waals surface area contributed by atoms with Crippen molar-refractivity contribution in [2.75, 3.05) is 35.5 Å². The van der Waals surface area contributed by atoms with Gasteiger partial charge in [0, 0.05) is 11.4 Å². The highest BCUT2D eigenvalue weighted by Crippen LogP contribution is 2.31. The molecule has 4 N–H and O–H groups in total. The fourth-order valence-electron chi connectivity index (χ4n) is 3.85. The number of hydrogen-bond acceptors (Lipinski definition) is 4. The molecule has 0 bridgehead atoms. The molecule has 0 heterocycles. The average Bonchev–Trinajstić information content (AvgIpc) is 2.94. The summed E-state index contributed by atoms with van der Waals surface area (Å²) < 4.78 is 11.0. The number of urea groups is 2. The first-order valence-corrected chi connectivity index (χ1v) is 13.6. The zero-order valence-electron chi connectivity index (χ0n) is 21.8. The molecule has 4 rings (SSSR count). The standard InChI is InChI=1S/C29H24Cl4N4O4/c1-40-26-12-16(3-9-24(26)36-28(38)34-18-5-7-20(30)22(32)14-18)11-17-4-10-25(27(13-17)41-2)37-29(39)35-19-6-8-21(31)23(33)15-19/h3-10,12-15H,11H2,1-2H3,(H2,34,36,38)(H2,35,37,39). The smallest absolute Gasteiger partial charge is 0.323 e. The molecule has 0 spiro atoms. The SMILES string of the molecule is COc1cc(Cc2ccc(NC(=O)Nc3ccc(Cl)c(Cl)c3)c(OC)c2)ccc1NC(=O)Nc1ccc(Cl)c(Cl)c1.